The van der Waals surface area contributed by atoms with Crippen molar-refractivity contribution in [3.05, 3.63) is 65.2 Å². The summed E-state index contributed by atoms with van der Waals surface area (Å²) in [6.07, 6.45) is -5.46. The van der Waals surface area contributed by atoms with E-state index in [0.29, 0.717) is 10.7 Å². The minimum absolute atomic E-state index is 0.105. The number of ether oxygens (including phenoxy) is 2. The lowest BCUT2D eigenvalue weighted by molar-refractivity contribution is -0.137. The van der Waals surface area contributed by atoms with Gasteiger partial charge in [-0.1, -0.05) is 29.8 Å². The first-order valence-corrected chi connectivity index (χ1v) is 8.54. The second kappa shape index (κ2) is 7.93. The Hall–Kier alpha value is -3.00. The number of carbonyl (C=O) groups excluding carboxylic acids is 1. The molecular weight excluding hydrogens is 397 g/mol. The van der Waals surface area contributed by atoms with Gasteiger partial charge in [-0.25, -0.2) is 9.48 Å². The average molecular weight is 411 g/mol. The van der Waals surface area contributed by atoms with Gasteiger partial charge >= 0.3 is 12.3 Å². The van der Waals surface area contributed by atoms with Crippen molar-refractivity contribution in [1.29, 1.82) is 0 Å². The topological polar surface area (TPSA) is 53.4 Å². The van der Waals surface area contributed by atoms with E-state index >= 15 is 0 Å². The largest absolute Gasteiger partial charge is 0.515 e. The van der Waals surface area contributed by atoms with Crippen molar-refractivity contribution in [2.75, 3.05) is 6.61 Å². The first kappa shape index (κ1) is 19.8. The molecule has 1 aromatic heterocycles. The van der Waals surface area contributed by atoms with E-state index in [1.165, 1.54) is 22.9 Å². The van der Waals surface area contributed by atoms with E-state index in [4.69, 9.17) is 21.1 Å². The van der Waals surface area contributed by atoms with Crippen molar-refractivity contribution in [3.63, 3.8) is 0 Å². The number of aromatic nitrogens is 2. The Morgan fingerprint density at radius 3 is 2.57 bits per heavy atom. The van der Waals surface area contributed by atoms with Gasteiger partial charge in [0, 0.05) is 16.7 Å². The molecule has 0 bridgehead atoms. The summed E-state index contributed by atoms with van der Waals surface area (Å²) in [6, 6.07) is 12.7. The smallest absolute Gasteiger partial charge is 0.434 e. The predicted octanol–water partition coefficient (Wildman–Crippen LogP) is 5.75. The van der Waals surface area contributed by atoms with Crippen LogP contribution in [0, 0.1) is 0 Å². The van der Waals surface area contributed by atoms with Gasteiger partial charge in [0.2, 0.25) is 5.88 Å². The van der Waals surface area contributed by atoms with Gasteiger partial charge in [0.15, 0.2) is 0 Å². The number of rotatable bonds is 4. The zero-order chi connectivity index (χ0) is 20.3. The number of nitrogens with zero attached hydrogens (tertiary/aromatic N) is 2. The number of carbonyl (C=O) groups is 1. The summed E-state index contributed by atoms with van der Waals surface area (Å²) in [4.78, 5) is 11.6. The predicted molar refractivity (Wildman–Crippen MR) is 96.7 cm³/mol. The van der Waals surface area contributed by atoms with Crippen LogP contribution in [0.2, 0.25) is 5.02 Å². The van der Waals surface area contributed by atoms with Gasteiger partial charge in [-0.05, 0) is 37.3 Å². The van der Waals surface area contributed by atoms with Crippen molar-refractivity contribution in [2.24, 2.45) is 0 Å². The summed E-state index contributed by atoms with van der Waals surface area (Å²) in [5.41, 5.74) is 0.198. The molecule has 3 rings (SSSR count). The Kier molecular flexibility index (Phi) is 5.60. The highest BCUT2D eigenvalue weighted by molar-refractivity contribution is 6.30. The molecule has 0 amide bonds. The lowest BCUT2D eigenvalue weighted by Crippen LogP contribution is -2.10. The van der Waals surface area contributed by atoms with Crippen LogP contribution in [0.15, 0.2) is 54.6 Å². The van der Waals surface area contributed by atoms with E-state index in [2.05, 4.69) is 5.10 Å². The normalized spacial score (nSPS) is 11.3. The molecule has 3 aromatic rings. The molecule has 9 heteroatoms. The van der Waals surface area contributed by atoms with E-state index in [1.54, 1.807) is 31.2 Å². The molecule has 0 saturated heterocycles. The number of alkyl halides is 3. The molecule has 5 nitrogen and oxygen atoms in total. The molecule has 1 heterocycles. The van der Waals surface area contributed by atoms with Crippen LogP contribution in [0.1, 0.15) is 12.5 Å². The molecule has 28 heavy (non-hydrogen) atoms. The van der Waals surface area contributed by atoms with E-state index in [1.807, 2.05) is 0 Å². The highest BCUT2D eigenvalue weighted by Crippen LogP contribution is 2.34. The molecule has 146 valence electrons. The SMILES string of the molecule is CCOC(=O)Oc1cc(-c2cccc(C(F)(F)F)c2)n(-c2cccc(Cl)c2)n1. The van der Waals surface area contributed by atoms with Crippen LogP contribution in [-0.4, -0.2) is 22.5 Å². The van der Waals surface area contributed by atoms with Crippen LogP contribution in [0.4, 0.5) is 18.0 Å². The quantitative estimate of drug-likeness (QED) is 0.514. The first-order chi connectivity index (χ1) is 13.3. The Bertz CT molecular complexity index is 1000. The molecule has 0 aliphatic heterocycles. The van der Waals surface area contributed by atoms with E-state index < -0.39 is 17.9 Å². The second-order valence-electron chi connectivity index (χ2n) is 5.62. The van der Waals surface area contributed by atoms with Crippen LogP contribution in [-0.2, 0) is 10.9 Å². The molecule has 0 saturated carbocycles. The standard InChI is InChI=1S/C19H14ClF3N2O3/c1-2-27-18(26)28-17-11-16(12-5-3-6-13(9-12)19(21,22)23)25(24-17)15-8-4-7-14(20)10-15/h3-11H,2H2,1H3. The third-order valence-electron chi connectivity index (χ3n) is 3.68. The fourth-order valence-corrected chi connectivity index (χ4v) is 2.69. The molecule has 0 atom stereocenters. The third kappa shape index (κ3) is 4.45. The monoisotopic (exact) mass is 410 g/mol. The highest BCUT2D eigenvalue weighted by Gasteiger charge is 2.31. The maximum Gasteiger partial charge on any atom is 0.515 e. The van der Waals surface area contributed by atoms with Crippen LogP contribution >= 0.6 is 11.6 Å². The molecule has 0 spiro atoms. The Balaban J connectivity index is 2.11. The van der Waals surface area contributed by atoms with Gasteiger partial charge < -0.3 is 9.47 Å². The minimum atomic E-state index is -4.50. The van der Waals surface area contributed by atoms with Gasteiger partial charge in [-0.2, -0.15) is 13.2 Å². The summed E-state index contributed by atoms with van der Waals surface area (Å²) in [7, 11) is 0. The van der Waals surface area contributed by atoms with Crippen LogP contribution in [0.25, 0.3) is 16.9 Å². The average Bonchev–Trinajstić information content (AvgIpc) is 3.05. The zero-order valence-corrected chi connectivity index (χ0v) is 15.3. The van der Waals surface area contributed by atoms with Crippen LogP contribution < -0.4 is 4.74 Å². The number of halogens is 4. The number of hydrogen-bond acceptors (Lipinski definition) is 4. The van der Waals surface area contributed by atoms with Gasteiger partial charge in [0.1, 0.15) is 0 Å². The fraction of sp³-hybridized carbons (Fsp3) is 0.158. The molecule has 0 aliphatic rings. The van der Waals surface area contributed by atoms with E-state index in [9.17, 15) is 18.0 Å². The molecule has 0 unspecified atom stereocenters. The lowest BCUT2D eigenvalue weighted by atomic mass is 10.1. The summed E-state index contributed by atoms with van der Waals surface area (Å²) in [5.74, 6) is -0.120. The number of hydrogen-bond donors (Lipinski definition) is 0. The minimum Gasteiger partial charge on any atom is -0.434 e. The maximum absolute atomic E-state index is 13.1. The summed E-state index contributed by atoms with van der Waals surface area (Å²) < 4.78 is 50.3. The summed E-state index contributed by atoms with van der Waals surface area (Å²) in [6.45, 7) is 1.72. The third-order valence-corrected chi connectivity index (χ3v) is 3.91. The molecular formula is C19H14ClF3N2O3. The van der Waals surface area contributed by atoms with Crippen molar-refractivity contribution >= 4 is 17.8 Å². The fourth-order valence-electron chi connectivity index (χ4n) is 2.51. The van der Waals surface area contributed by atoms with Gasteiger partial charge in [0.05, 0.1) is 23.6 Å². The summed E-state index contributed by atoms with van der Waals surface area (Å²) in [5, 5.41) is 4.58. The molecule has 2 aromatic carbocycles. The van der Waals surface area contributed by atoms with Gasteiger partial charge in [-0.3, -0.25) is 0 Å². The lowest BCUT2D eigenvalue weighted by Gasteiger charge is -2.10. The maximum atomic E-state index is 13.1. The second-order valence-corrected chi connectivity index (χ2v) is 6.06. The Morgan fingerprint density at radius 1 is 1.14 bits per heavy atom. The zero-order valence-electron chi connectivity index (χ0n) is 14.5. The van der Waals surface area contributed by atoms with Crippen molar-refractivity contribution < 1.29 is 27.4 Å². The van der Waals surface area contributed by atoms with Crippen LogP contribution in [0.5, 0.6) is 5.88 Å². The van der Waals surface area contributed by atoms with Crippen molar-refractivity contribution in [1.82, 2.24) is 9.78 Å². The first-order valence-electron chi connectivity index (χ1n) is 8.16. The molecule has 0 N–H and O–H groups in total. The van der Waals surface area contributed by atoms with Crippen molar-refractivity contribution in [3.8, 4) is 22.8 Å². The van der Waals surface area contributed by atoms with Crippen LogP contribution in [0.3, 0.4) is 0 Å². The molecule has 0 radical (unpaired) electrons. The summed E-state index contributed by atoms with van der Waals surface area (Å²) >= 11 is 6.02. The highest BCUT2D eigenvalue weighted by atomic mass is 35.5. The van der Waals surface area contributed by atoms with Gasteiger partial charge in [0.25, 0.3) is 0 Å². The Morgan fingerprint density at radius 2 is 1.89 bits per heavy atom. The molecule has 0 fully saturated rings. The van der Waals surface area contributed by atoms with E-state index in [-0.39, 0.29) is 23.7 Å². The van der Waals surface area contributed by atoms with Gasteiger partial charge in [-0.15, -0.1) is 5.10 Å². The Labute approximate surface area is 163 Å². The van der Waals surface area contributed by atoms with Crippen molar-refractivity contribution in [2.45, 2.75) is 13.1 Å². The van der Waals surface area contributed by atoms with E-state index in [0.717, 1.165) is 12.1 Å². The molecule has 0 aliphatic carbocycles. The number of benzene rings is 2.